The Morgan fingerprint density at radius 2 is 1.84 bits per heavy atom. The van der Waals surface area contributed by atoms with Crippen molar-refractivity contribution in [1.82, 2.24) is 25.1 Å². The Hall–Kier alpha value is -4.38. The first kappa shape index (κ1) is 28.7. The fraction of sp³-hybridized carbons (Fsp3) is 0.250. The summed E-state index contributed by atoms with van der Waals surface area (Å²) in [5.41, 5.74) is 12.7. The molecular weight excluding hydrogens is 569 g/mol. The third-order valence-electron chi connectivity index (χ3n) is 7.95. The van der Waals surface area contributed by atoms with Crippen molar-refractivity contribution in [1.29, 1.82) is 0 Å². The molecule has 11 heteroatoms. The maximum absolute atomic E-state index is 14.0. The Kier molecular flexibility index (Phi) is 7.83. The van der Waals surface area contributed by atoms with Gasteiger partial charge in [-0.1, -0.05) is 41.9 Å². The Morgan fingerprint density at radius 3 is 2.49 bits per heavy atom. The van der Waals surface area contributed by atoms with Crippen LogP contribution in [-0.4, -0.2) is 54.6 Å². The molecule has 4 N–H and O–H groups in total. The summed E-state index contributed by atoms with van der Waals surface area (Å²) < 4.78 is 26.8. The van der Waals surface area contributed by atoms with E-state index >= 15 is 0 Å². The molecule has 3 aromatic carbocycles. The molecule has 2 aliphatic heterocycles. The first-order chi connectivity index (χ1) is 20.8. The number of amidine groups is 1. The van der Waals surface area contributed by atoms with Crippen LogP contribution in [0.2, 0.25) is 5.15 Å². The molecule has 222 valence electrons. The van der Waals surface area contributed by atoms with E-state index in [0.717, 1.165) is 45.9 Å². The summed E-state index contributed by atoms with van der Waals surface area (Å²) in [6, 6.07) is 20.5. The number of benzene rings is 3. The predicted octanol–water partition coefficient (Wildman–Crippen LogP) is 4.53. The average molecular weight is 602 g/mol. The van der Waals surface area contributed by atoms with Crippen LogP contribution in [0.3, 0.4) is 0 Å². The van der Waals surface area contributed by atoms with Crippen LogP contribution in [0.4, 0.5) is 4.39 Å². The standard InChI is InChI=1S/C32H33ClFN7O2/c1-36-31-26-17-40(15-20-4-11-24(42-2)12-5-20)16-25(21-6-9-23(34)10-7-21)30(26)38-32(35,39-31)22-8-13-27(28(14-22)43-3)41-18-29(33)37-19-41/h4-14,18-19,25,38H,15-17,35H2,1-3H3,(H,36,39). The summed E-state index contributed by atoms with van der Waals surface area (Å²) in [5, 5.41) is 7.45. The van der Waals surface area contributed by atoms with Crippen molar-refractivity contribution in [2.75, 3.05) is 34.4 Å². The number of aliphatic imine (C=N–C) groups is 1. The van der Waals surface area contributed by atoms with Gasteiger partial charge in [-0.15, -0.1) is 0 Å². The third-order valence-corrected chi connectivity index (χ3v) is 8.15. The van der Waals surface area contributed by atoms with Gasteiger partial charge in [0, 0.05) is 55.6 Å². The molecule has 0 aliphatic carbocycles. The third kappa shape index (κ3) is 5.69. The smallest absolute Gasteiger partial charge is 0.190 e. The van der Waals surface area contributed by atoms with Crippen molar-refractivity contribution in [2.45, 2.75) is 18.2 Å². The molecule has 0 bridgehead atoms. The van der Waals surface area contributed by atoms with Crippen molar-refractivity contribution in [3.63, 3.8) is 0 Å². The van der Waals surface area contributed by atoms with Gasteiger partial charge in [0.2, 0.25) is 0 Å². The molecule has 0 amide bonds. The number of halogens is 2. The van der Waals surface area contributed by atoms with Crippen molar-refractivity contribution < 1.29 is 13.9 Å². The molecule has 0 spiro atoms. The maximum Gasteiger partial charge on any atom is 0.190 e. The lowest BCUT2D eigenvalue weighted by molar-refractivity contribution is 0.234. The van der Waals surface area contributed by atoms with E-state index in [1.807, 2.05) is 42.5 Å². The zero-order chi connectivity index (χ0) is 30.1. The van der Waals surface area contributed by atoms with E-state index in [4.69, 9.17) is 26.8 Å². The first-order valence-corrected chi connectivity index (χ1v) is 14.2. The normalized spacial score (nSPS) is 21.3. The van der Waals surface area contributed by atoms with Crippen LogP contribution < -0.4 is 25.8 Å². The molecule has 2 atom stereocenters. The van der Waals surface area contributed by atoms with Gasteiger partial charge in [-0.05, 0) is 47.5 Å². The van der Waals surface area contributed by atoms with Gasteiger partial charge in [-0.3, -0.25) is 15.6 Å². The largest absolute Gasteiger partial charge is 0.497 e. The van der Waals surface area contributed by atoms with Crippen LogP contribution in [-0.2, 0) is 12.3 Å². The van der Waals surface area contributed by atoms with Crippen LogP contribution in [0.25, 0.3) is 5.69 Å². The Morgan fingerprint density at radius 1 is 1.07 bits per heavy atom. The quantitative estimate of drug-likeness (QED) is 0.286. The molecule has 2 unspecified atom stereocenters. The zero-order valence-electron chi connectivity index (χ0n) is 24.1. The van der Waals surface area contributed by atoms with Crippen LogP contribution in [0.5, 0.6) is 11.5 Å². The number of hydrogen-bond acceptors (Lipinski definition) is 7. The molecule has 4 aromatic rings. The predicted molar refractivity (Wildman–Crippen MR) is 165 cm³/mol. The topological polar surface area (TPSA) is 102 Å². The first-order valence-electron chi connectivity index (χ1n) is 13.8. The second kappa shape index (κ2) is 11.7. The second-order valence-electron chi connectivity index (χ2n) is 10.6. The van der Waals surface area contributed by atoms with E-state index in [1.54, 1.807) is 38.4 Å². The number of rotatable bonds is 7. The fourth-order valence-corrected chi connectivity index (χ4v) is 5.93. The second-order valence-corrected chi connectivity index (χ2v) is 11.0. The van der Waals surface area contributed by atoms with Crippen molar-refractivity contribution >= 4 is 17.4 Å². The molecule has 9 nitrogen and oxygen atoms in total. The summed E-state index contributed by atoms with van der Waals surface area (Å²) in [4.78, 5) is 11.1. The highest BCUT2D eigenvalue weighted by Gasteiger charge is 2.42. The van der Waals surface area contributed by atoms with Gasteiger partial charge >= 0.3 is 0 Å². The summed E-state index contributed by atoms with van der Waals surface area (Å²) >= 11 is 6.06. The number of aromatic nitrogens is 2. The summed E-state index contributed by atoms with van der Waals surface area (Å²) in [6.45, 7) is 2.06. The van der Waals surface area contributed by atoms with Crippen molar-refractivity contribution in [2.24, 2.45) is 10.7 Å². The van der Waals surface area contributed by atoms with Gasteiger partial charge in [0.05, 0.1) is 19.9 Å². The number of nitrogens with one attached hydrogen (secondary N) is 2. The van der Waals surface area contributed by atoms with Crippen molar-refractivity contribution in [3.8, 4) is 17.2 Å². The van der Waals surface area contributed by atoms with E-state index in [-0.39, 0.29) is 11.7 Å². The Labute approximate surface area is 254 Å². The van der Waals surface area contributed by atoms with E-state index in [0.29, 0.717) is 29.8 Å². The van der Waals surface area contributed by atoms with Gasteiger partial charge in [0.1, 0.15) is 34.6 Å². The molecule has 0 saturated heterocycles. The van der Waals surface area contributed by atoms with Gasteiger partial charge < -0.3 is 24.7 Å². The molecule has 0 saturated carbocycles. The van der Waals surface area contributed by atoms with Gasteiger partial charge in [0.15, 0.2) is 5.79 Å². The lowest BCUT2D eigenvalue weighted by Crippen LogP contribution is -2.67. The van der Waals surface area contributed by atoms with Gasteiger partial charge in [-0.25, -0.2) is 9.37 Å². The molecule has 3 heterocycles. The minimum Gasteiger partial charge on any atom is -0.497 e. The van der Waals surface area contributed by atoms with Crippen LogP contribution in [0, 0.1) is 5.82 Å². The number of methoxy groups -OCH3 is 2. The molecule has 1 aromatic heterocycles. The van der Waals surface area contributed by atoms with Crippen LogP contribution in [0.15, 0.2) is 95.5 Å². The average Bonchev–Trinajstić information content (AvgIpc) is 3.47. The highest BCUT2D eigenvalue weighted by Crippen LogP contribution is 2.37. The van der Waals surface area contributed by atoms with E-state index in [1.165, 1.54) is 12.1 Å². The van der Waals surface area contributed by atoms with E-state index in [9.17, 15) is 4.39 Å². The molecule has 6 rings (SSSR count). The van der Waals surface area contributed by atoms with Crippen molar-refractivity contribution in [3.05, 3.63) is 118 Å². The molecular formula is C32H33ClFN7O2. The number of nitrogens with zero attached hydrogens (tertiary/aromatic N) is 4. The van der Waals surface area contributed by atoms with Gasteiger partial charge in [-0.2, -0.15) is 0 Å². The Balaban J connectivity index is 1.38. The Bertz CT molecular complexity index is 1690. The summed E-state index contributed by atoms with van der Waals surface area (Å²) in [7, 11) is 5.02. The van der Waals surface area contributed by atoms with Gasteiger partial charge in [0.25, 0.3) is 0 Å². The van der Waals surface area contributed by atoms with E-state index in [2.05, 4.69) is 37.6 Å². The minimum atomic E-state index is -1.21. The summed E-state index contributed by atoms with van der Waals surface area (Å²) in [5.74, 6) is 0.501. The van der Waals surface area contributed by atoms with E-state index < -0.39 is 5.79 Å². The SMILES string of the molecule is CN=C1NC(N)(c2ccc(-n3cnc(Cl)c3)c(OC)c2)NC2=C1CN(Cc1ccc(OC)cc1)CC2c1ccc(F)cc1. The summed E-state index contributed by atoms with van der Waals surface area (Å²) in [6.07, 6.45) is 3.33. The fourth-order valence-electron chi connectivity index (χ4n) is 5.78. The number of ether oxygens (including phenoxy) is 2. The zero-order valence-corrected chi connectivity index (χ0v) is 24.9. The molecule has 0 radical (unpaired) electrons. The number of hydrogen-bond donors (Lipinski definition) is 3. The molecule has 0 fully saturated rings. The maximum atomic E-state index is 14.0. The highest BCUT2D eigenvalue weighted by atomic mass is 35.5. The molecule has 2 aliphatic rings. The number of imidazole rings is 1. The minimum absolute atomic E-state index is 0.112. The number of nitrogens with two attached hydrogens (primary N) is 1. The lowest BCUT2D eigenvalue weighted by Gasteiger charge is -2.47. The lowest BCUT2D eigenvalue weighted by atomic mass is 9.85. The van der Waals surface area contributed by atoms with Crippen LogP contribution >= 0.6 is 11.6 Å². The molecule has 43 heavy (non-hydrogen) atoms. The van der Waals surface area contributed by atoms with Crippen LogP contribution in [0.1, 0.15) is 22.6 Å². The monoisotopic (exact) mass is 601 g/mol. The highest BCUT2D eigenvalue weighted by molar-refractivity contribution is 6.29.